The number of carbonyl (C=O) groups excluding carboxylic acids is 1. The Kier molecular flexibility index (Phi) is 4.56. The summed E-state index contributed by atoms with van der Waals surface area (Å²) in [5.74, 6) is 2.36. The molecule has 0 spiro atoms. The van der Waals surface area contributed by atoms with Crippen molar-refractivity contribution in [3.05, 3.63) is 35.6 Å². The zero-order valence-electron chi connectivity index (χ0n) is 8.50. The summed E-state index contributed by atoms with van der Waals surface area (Å²) in [4.78, 5) is 11.4. The van der Waals surface area contributed by atoms with Gasteiger partial charge in [0, 0.05) is 19.3 Å². The van der Waals surface area contributed by atoms with Crippen LogP contribution in [0, 0.1) is 18.2 Å². The largest absolute Gasteiger partial charge is 0.299 e. The normalized spacial score (nSPS) is 9.60. The minimum absolute atomic E-state index is 0.150. The van der Waals surface area contributed by atoms with Crippen molar-refractivity contribution in [1.29, 1.82) is 0 Å². The summed E-state index contributed by atoms with van der Waals surface area (Å²) in [6.07, 6.45) is 7.32. The molecular weight excluding hydrogens is 191 g/mol. The van der Waals surface area contributed by atoms with E-state index in [2.05, 4.69) is 5.92 Å². The van der Waals surface area contributed by atoms with E-state index in [0.717, 1.165) is 12.0 Å². The molecule has 1 rings (SSSR count). The van der Waals surface area contributed by atoms with E-state index >= 15 is 0 Å². The smallest absolute Gasteiger partial charge is 0.137 e. The van der Waals surface area contributed by atoms with Crippen LogP contribution in [-0.2, 0) is 11.2 Å². The molecule has 0 aliphatic carbocycles. The number of halogens is 1. The maximum absolute atomic E-state index is 12.6. The number of hydrogen-bond donors (Lipinski definition) is 0. The number of unbranched alkanes of at least 4 members (excludes halogenated alkanes) is 1. The van der Waals surface area contributed by atoms with Crippen LogP contribution in [0.5, 0.6) is 0 Å². The lowest BCUT2D eigenvalue weighted by molar-refractivity contribution is -0.118. The third kappa shape index (κ3) is 4.42. The number of hydrogen-bond acceptors (Lipinski definition) is 1. The number of carbonyl (C=O) groups is 1. The molecule has 0 bridgehead atoms. The monoisotopic (exact) mass is 204 g/mol. The first-order chi connectivity index (χ1) is 7.22. The molecule has 0 heterocycles. The van der Waals surface area contributed by atoms with E-state index in [1.165, 1.54) is 12.1 Å². The predicted molar refractivity (Wildman–Crippen MR) is 57.8 cm³/mol. The second-order valence-electron chi connectivity index (χ2n) is 3.40. The van der Waals surface area contributed by atoms with Gasteiger partial charge in [-0.1, -0.05) is 12.1 Å². The molecule has 2 heteroatoms. The number of rotatable bonds is 5. The third-order valence-electron chi connectivity index (χ3n) is 2.09. The van der Waals surface area contributed by atoms with Crippen molar-refractivity contribution in [2.75, 3.05) is 0 Å². The van der Waals surface area contributed by atoms with Crippen LogP contribution in [0.1, 0.15) is 24.8 Å². The van der Waals surface area contributed by atoms with E-state index in [4.69, 9.17) is 6.42 Å². The Morgan fingerprint density at radius 2 is 2.00 bits per heavy atom. The van der Waals surface area contributed by atoms with Crippen molar-refractivity contribution in [3.63, 3.8) is 0 Å². The average molecular weight is 204 g/mol. The Bertz CT molecular complexity index is 359. The van der Waals surface area contributed by atoms with Crippen molar-refractivity contribution in [2.24, 2.45) is 0 Å². The highest BCUT2D eigenvalue weighted by molar-refractivity contribution is 5.80. The second-order valence-corrected chi connectivity index (χ2v) is 3.40. The molecular formula is C13H13FO. The molecule has 15 heavy (non-hydrogen) atoms. The number of terminal acetylenes is 1. The standard InChI is InChI=1S/C13H13FO/c1-2-3-4-5-13(15)10-11-6-8-12(14)9-7-11/h1,6-9H,3-5,10H2. The molecule has 0 aromatic heterocycles. The van der Waals surface area contributed by atoms with Crippen LogP contribution in [0.2, 0.25) is 0 Å². The molecule has 0 N–H and O–H groups in total. The minimum Gasteiger partial charge on any atom is -0.299 e. The summed E-state index contributed by atoms with van der Waals surface area (Å²) in [5, 5.41) is 0. The fraction of sp³-hybridized carbons (Fsp3) is 0.308. The van der Waals surface area contributed by atoms with Gasteiger partial charge in [0.25, 0.3) is 0 Å². The van der Waals surface area contributed by atoms with Gasteiger partial charge in [-0.2, -0.15) is 0 Å². The van der Waals surface area contributed by atoms with E-state index in [-0.39, 0.29) is 11.6 Å². The van der Waals surface area contributed by atoms with Gasteiger partial charge in [0.15, 0.2) is 0 Å². The van der Waals surface area contributed by atoms with Gasteiger partial charge in [0.05, 0.1) is 0 Å². The molecule has 0 amide bonds. The molecule has 0 saturated heterocycles. The molecule has 1 nitrogen and oxygen atoms in total. The summed E-state index contributed by atoms with van der Waals surface area (Å²) >= 11 is 0. The number of Topliss-reactive ketones (excluding diaryl/α,β-unsaturated/α-hetero) is 1. The first kappa shape index (κ1) is 11.5. The highest BCUT2D eigenvalue weighted by Gasteiger charge is 2.03. The van der Waals surface area contributed by atoms with Crippen LogP contribution in [-0.4, -0.2) is 5.78 Å². The zero-order chi connectivity index (χ0) is 11.1. The Labute approximate surface area is 89.3 Å². The summed E-state index contributed by atoms with van der Waals surface area (Å²) in [7, 11) is 0. The van der Waals surface area contributed by atoms with Crippen LogP contribution in [0.15, 0.2) is 24.3 Å². The van der Waals surface area contributed by atoms with E-state index in [9.17, 15) is 9.18 Å². The lowest BCUT2D eigenvalue weighted by atomic mass is 10.1. The quantitative estimate of drug-likeness (QED) is 0.532. The van der Waals surface area contributed by atoms with Crippen molar-refractivity contribution in [3.8, 4) is 12.3 Å². The van der Waals surface area contributed by atoms with E-state index < -0.39 is 0 Å². The Morgan fingerprint density at radius 3 is 2.60 bits per heavy atom. The average Bonchev–Trinajstić information content (AvgIpc) is 2.22. The highest BCUT2D eigenvalue weighted by Crippen LogP contribution is 2.06. The molecule has 0 aliphatic rings. The summed E-state index contributed by atoms with van der Waals surface area (Å²) in [6, 6.07) is 6.00. The van der Waals surface area contributed by atoms with E-state index in [1.54, 1.807) is 12.1 Å². The number of benzene rings is 1. The SMILES string of the molecule is C#CCCCC(=O)Cc1ccc(F)cc1. The van der Waals surface area contributed by atoms with Crippen LogP contribution < -0.4 is 0 Å². The van der Waals surface area contributed by atoms with Gasteiger partial charge in [0.1, 0.15) is 11.6 Å². The van der Waals surface area contributed by atoms with Crippen molar-refractivity contribution < 1.29 is 9.18 Å². The molecule has 78 valence electrons. The third-order valence-corrected chi connectivity index (χ3v) is 2.09. The Balaban J connectivity index is 2.38. The van der Waals surface area contributed by atoms with Crippen molar-refractivity contribution >= 4 is 5.78 Å². The zero-order valence-corrected chi connectivity index (χ0v) is 8.50. The molecule has 0 aliphatic heterocycles. The lowest BCUT2D eigenvalue weighted by Gasteiger charge is -2.00. The van der Waals surface area contributed by atoms with Crippen LogP contribution >= 0.6 is 0 Å². The predicted octanol–water partition coefficient (Wildman–Crippen LogP) is 2.74. The molecule has 1 aromatic carbocycles. The van der Waals surface area contributed by atoms with Crippen LogP contribution in [0.4, 0.5) is 4.39 Å². The van der Waals surface area contributed by atoms with Gasteiger partial charge in [0.2, 0.25) is 0 Å². The van der Waals surface area contributed by atoms with Gasteiger partial charge in [-0.25, -0.2) is 4.39 Å². The molecule has 1 aromatic rings. The van der Waals surface area contributed by atoms with E-state index in [0.29, 0.717) is 19.3 Å². The summed E-state index contributed by atoms with van der Waals surface area (Å²) in [5.41, 5.74) is 0.849. The van der Waals surface area contributed by atoms with Gasteiger partial charge in [-0.05, 0) is 24.1 Å². The Hall–Kier alpha value is -1.62. The molecule has 0 fully saturated rings. The second kappa shape index (κ2) is 5.98. The first-order valence-electron chi connectivity index (χ1n) is 4.92. The fourth-order valence-corrected chi connectivity index (χ4v) is 1.31. The van der Waals surface area contributed by atoms with Crippen LogP contribution in [0.25, 0.3) is 0 Å². The first-order valence-corrected chi connectivity index (χ1v) is 4.92. The van der Waals surface area contributed by atoms with Gasteiger partial charge in [-0.3, -0.25) is 4.79 Å². The maximum atomic E-state index is 12.6. The molecule has 0 unspecified atom stereocenters. The van der Waals surface area contributed by atoms with Gasteiger partial charge in [-0.15, -0.1) is 12.3 Å². The van der Waals surface area contributed by atoms with Crippen molar-refractivity contribution in [1.82, 2.24) is 0 Å². The highest BCUT2D eigenvalue weighted by atomic mass is 19.1. The molecule has 0 atom stereocenters. The van der Waals surface area contributed by atoms with Gasteiger partial charge < -0.3 is 0 Å². The maximum Gasteiger partial charge on any atom is 0.137 e. The lowest BCUT2D eigenvalue weighted by Crippen LogP contribution is -2.02. The Morgan fingerprint density at radius 1 is 1.33 bits per heavy atom. The van der Waals surface area contributed by atoms with Gasteiger partial charge >= 0.3 is 0 Å². The number of ketones is 1. The topological polar surface area (TPSA) is 17.1 Å². The summed E-state index contributed by atoms with van der Waals surface area (Å²) < 4.78 is 12.6. The van der Waals surface area contributed by atoms with Crippen molar-refractivity contribution in [2.45, 2.75) is 25.7 Å². The fourth-order valence-electron chi connectivity index (χ4n) is 1.31. The minimum atomic E-state index is -0.279. The molecule has 0 saturated carbocycles. The van der Waals surface area contributed by atoms with Crippen LogP contribution in [0.3, 0.4) is 0 Å². The van der Waals surface area contributed by atoms with E-state index in [1.807, 2.05) is 0 Å². The summed E-state index contributed by atoms with van der Waals surface area (Å²) in [6.45, 7) is 0. The molecule has 0 radical (unpaired) electrons.